The predicted octanol–water partition coefficient (Wildman–Crippen LogP) is 1.76. The molecule has 1 aliphatic heterocycles. The van der Waals surface area contributed by atoms with Crippen LogP contribution in [0.4, 0.5) is 10.2 Å². The number of imidazole rings is 1. The summed E-state index contributed by atoms with van der Waals surface area (Å²) in [6, 6.07) is 4.44. The highest BCUT2D eigenvalue weighted by molar-refractivity contribution is 5.92. The number of nitrogens with one attached hydrogen (secondary N) is 1. The lowest BCUT2D eigenvalue weighted by Gasteiger charge is -2.09. The molecule has 0 aliphatic carbocycles. The van der Waals surface area contributed by atoms with E-state index >= 15 is 0 Å². The smallest absolute Gasteiger partial charge is 0.230 e. The molecule has 0 radical (unpaired) electrons. The zero-order valence-corrected chi connectivity index (χ0v) is 13.1. The summed E-state index contributed by atoms with van der Waals surface area (Å²) in [5.74, 6) is -0.290. The van der Waals surface area contributed by atoms with Crippen molar-refractivity contribution >= 4 is 11.7 Å². The zero-order valence-electron chi connectivity index (χ0n) is 13.1. The summed E-state index contributed by atoms with van der Waals surface area (Å²) in [6.07, 6.45) is 5.86. The Morgan fingerprint density at radius 3 is 3.08 bits per heavy atom. The molecule has 8 heteroatoms. The summed E-state index contributed by atoms with van der Waals surface area (Å²) < 4.78 is 20.1. The van der Waals surface area contributed by atoms with E-state index in [0.29, 0.717) is 31.0 Å². The number of amides is 1. The summed E-state index contributed by atoms with van der Waals surface area (Å²) in [7, 11) is 1.40. The van der Waals surface area contributed by atoms with Crippen molar-refractivity contribution in [3.05, 3.63) is 36.5 Å². The first-order chi connectivity index (χ1) is 11.6. The maximum Gasteiger partial charge on any atom is 0.230 e. The van der Waals surface area contributed by atoms with Gasteiger partial charge >= 0.3 is 0 Å². The number of nitrogens with zero attached hydrogens (tertiary/aromatic N) is 4. The minimum Gasteiger partial charge on any atom is -0.494 e. The van der Waals surface area contributed by atoms with Crippen LogP contribution >= 0.6 is 0 Å². The molecule has 0 saturated carbocycles. The number of aromatic nitrogens is 2. The molecule has 1 amide bonds. The van der Waals surface area contributed by atoms with Crippen LogP contribution in [-0.2, 0) is 4.79 Å². The fourth-order valence-electron chi connectivity index (χ4n) is 2.63. The third-order valence-electron chi connectivity index (χ3n) is 3.97. The Labute approximate surface area is 138 Å². The Hall–Kier alpha value is -3.08. The van der Waals surface area contributed by atoms with Gasteiger partial charge in [-0.1, -0.05) is 0 Å². The number of halogens is 1. The van der Waals surface area contributed by atoms with Crippen molar-refractivity contribution in [3.63, 3.8) is 0 Å². The fraction of sp³-hybridized carbons (Fsp3) is 0.312. The Kier molecular flexibility index (Phi) is 4.33. The van der Waals surface area contributed by atoms with Gasteiger partial charge in [0.2, 0.25) is 5.91 Å². The number of nitriles is 1. The molecule has 1 aromatic heterocycles. The second-order valence-corrected chi connectivity index (χ2v) is 5.51. The van der Waals surface area contributed by atoms with E-state index in [1.54, 1.807) is 27.8 Å². The summed E-state index contributed by atoms with van der Waals surface area (Å²) >= 11 is 0. The van der Waals surface area contributed by atoms with Gasteiger partial charge in [0, 0.05) is 19.2 Å². The minimum atomic E-state index is -0.446. The third-order valence-corrected chi connectivity index (χ3v) is 3.97. The molecule has 124 valence electrons. The largest absolute Gasteiger partial charge is 0.494 e. The normalized spacial score (nSPS) is 16.7. The maximum absolute atomic E-state index is 13.5. The first kappa shape index (κ1) is 15.8. The van der Waals surface area contributed by atoms with Crippen LogP contribution in [0.1, 0.15) is 6.42 Å². The van der Waals surface area contributed by atoms with Crippen molar-refractivity contribution in [2.75, 3.05) is 25.5 Å². The van der Waals surface area contributed by atoms with Crippen LogP contribution in [-0.4, -0.2) is 40.6 Å². The Morgan fingerprint density at radius 1 is 1.54 bits per heavy atom. The van der Waals surface area contributed by atoms with E-state index in [9.17, 15) is 9.18 Å². The van der Waals surface area contributed by atoms with Gasteiger partial charge in [0.15, 0.2) is 23.6 Å². The number of methoxy groups -OCH3 is 1. The van der Waals surface area contributed by atoms with E-state index in [1.165, 1.54) is 19.5 Å². The molecule has 1 unspecified atom stereocenters. The van der Waals surface area contributed by atoms with E-state index in [2.05, 4.69) is 10.3 Å². The number of carbonyl (C=O) groups is 1. The van der Waals surface area contributed by atoms with Crippen LogP contribution in [0.3, 0.4) is 0 Å². The number of hydrogen-bond donors (Lipinski definition) is 1. The Balaban J connectivity index is 1.70. The van der Waals surface area contributed by atoms with Crippen LogP contribution in [0.15, 0.2) is 30.7 Å². The second kappa shape index (κ2) is 6.58. The molecule has 1 fully saturated rings. The van der Waals surface area contributed by atoms with Gasteiger partial charge in [-0.25, -0.2) is 9.37 Å². The number of likely N-dealkylation sites (tertiary alicyclic amines) is 1. The molecule has 1 N–H and O–H groups in total. The molecule has 1 aliphatic rings. The maximum atomic E-state index is 13.5. The van der Waals surface area contributed by atoms with Crippen LogP contribution in [0.25, 0.3) is 5.69 Å². The molecule has 0 bridgehead atoms. The van der Waals surface area contributed by atoms with E-state index in [0.717, 1.165) is 0 Å². The second-order valence-electron chi connectivity index (χ2n) is 5.51. The standard InChI is InChI=1S/C16H16FN5O2/c1-24-14-6-12(2-3-13(14)17)22-8-15(19-10-22)20-16(23)11-4-5-21(7-11)9-18/h2-3,6,8,10-11H,4-5,7H2,1H3,(H,20,23). The van der Waals surface area contributed by atoms with Crippen molar-refractivity contribution in [3.8, 4) is 17.6 Å². The van der Waals surface area contributed by atoms with Crippen LogP contribution in [0.5, 0.6) is 5.75 Å². The van der Waals surface area contributed by atoms with Gasteiger partial charge in [0.05, 0.1) is 24.9 Å². The number of benzene rings is 1. The molecule has 2 aromatic rings. The highest BCUT2D eigenvalue weighted by Crippen LogP contribution is 2.22. The van der Waals surface area contributed by atoms with Crippen molar-refractivity contribution in [1.82, 2.24) is 14.5 Å². The van der Waals surface area contributed by atoms with Crippen molar-refractivity contribution < 1.29 is 13.9 Å². The highest BCUT2D eigenvalue weighted by Gasteiger charge is 2.28. The summed E-state index contributed by atoms with van der Waals surface area (Å²) in [6.45, 7) is 1.02. The summed E-state index contributed by atoms with van der Waals surface area (Å²) in [5, 5.41) is 11.6. The molecule has 24 heavy (non-hydrogen) atoms. The first-order valence-electron chi connectivity index (χ1n) is 7.44. The highest BCUT2D eigenvalue weighted by atomic mass is 19.1. The van der Waals surface area contributed by atoms with Crippen LogP contribution < -0.4 is 10.1 Å². The van der Waals surface area contributed by atoms with E-state index in [4.69, 9.17) is 10.00 Å². The third kappa shape index (κ3) is 3.15. The molecular formula is C16H16FN5O2. The number of ether oxygens (including phenoxy) is 1. The molecule has 7 nitrogen and oxygen atoms in total. The average molecular weight is 329 g/mol. The van der Waals surface area contributed by atoms with Crippen molar-refractivity contribution in [2.24, 2.45) is 5.92 Å². The lowest BCUT2D eigenvalue weighted by Crippen LogP contribution is -2.25. The SMILES string of the molecule is COc1cc(-n2cnc(NC(=O)C3CCN(C#N)C3)c2)ccc1F. The van der Waals surface area contributed by atoms with Crippen LogP contribution in [0.2, 0.25) is 0 Å². The van der Waals surface area contributed by atoms with Crippen molar-refractivity contribution in [2.45, 2.75) is 6.42 Å². The van der Waals surface area contributed by atoms with E-state index < -0.39 is 5.82 Å². The van der Waals surface area contributed by atoms with Gasteiger partial charge in [-0.05, 0) is 18.6 Å². The number of rotatable bonds is 4. The molecular weight excluding hydrogens is 313 g/mol. The monoisotopic (exact) mass is 329 g/mol. The molecule has 0 spiro atoms. The van der Waals surface area contributed by atoms with Crippen molar-refractivity contribution in [1.29, 1.82) is 5.26 Å². The fourth-order valence-corrected chi connectivity index (χ4v) is 2.63. The lowest BCUT2D eigenvalue weighted by atomic mass is 10.1. The van der Waals surface area contributed by atoms with Gasteiger partial charge in [-0.2, -0.15) is 5.26 Å². The van der Waals surface area contributed by atoms with Gasteiger partial charge in [0.25, 0.3) is 0 Å². The Morgan fingerprint density at radius 2 is 2.38 bits per heavy atom. The minimum absolute atomic E-state index is 0.134. The number of carbonyl (C=O) groups excluding carboxylic acids is 1. The lowest BCUT2D eigenvalue weighted by molar-refractivity contribution is -0.119. The van der Waals surface area contributed by atoms with Gasteiger partial charge in [0.1, 0.15) is 6.33 Å². The first-order valence-corrected chi connectivity index (χ1v) is 7.44. The average Bonchev–Trinajstić information content (AvgIpc) is 3.24. The van der Waals surface area contributed by atoms with Crippen LogP contribution in [0, 0.1) is 23.2 Å². The summed E-state index contributed by atoms with van der Waals surface area (Å²) in [5.41, 5.74) is 0.665. The number of anilines is 1. The predicted molar refractivity (Wildman–Crippen MR) is 84.0 cm³/mol. The topological polar surface area (TPSA) is 83.2 Å². The molecule has 3 rings (SSSR count). The molecule has 2 heterocycles. The van der Waals surface area contributed by atoms with E-state index in [-0.39, 0.29) is 17.6 Å². The molecule has 1 atom stereocenters. The van der Waals surface area contributed by atoms with Gasteiger partial charge in [-0.15, -0.1) is 0 Å². The van der Waals surface area contributed by atoms with Gasteiger partial charge in [-0.3, -0.25) is 4.79 Å². The quantitative estimate of drug-likeness (QED) is 0.864. The molecule has 1 aromatic carbocycles. The Bertz CT molecular complexity index is 798. The summed E-state index contributed by atoms with van der Waals surface area (Å²) in [4.78, 5) is 17.9. The number of hydrogen-bond acceptors (Lipinski definition) is 5. The molecule has 1 saturated heterocycles. The van der Waals surface area contributed by atoms with Gasteiger partial charge < -0.3 is 19.5 Å². The zero-order chi connectivity index (χ0) is 17.1. The van der Waals surface area contributed by atoms with E-state index in [1.807, 2.05) is 6.19 Å².